The molecule has 0 aliphatic rings. The molecular weight excluding hydrogens is 583 g/mol. The summed E-state index contributed by atoms with van der Waals surface area (Å²) >= 11 is 0. The molecular formula is C45H31N3. The van der Waals surface area contributed by atoms with Gasteiger partial charge in [0, 0.05) is 11.1 Å². The number of aromatic nitrogens is 3. The van der Waals surface area contributed by atoms with Crippen LogP contribution in [0.25, 0.3) is 78.4 Å². The summed E-state index contributed by atoms with van der Waals surface area (Å²) in [5.41, 5.74) is 13.7. The van der Waals surface area contributed by atoms with E-state index in [2.05, 4.69) is 156 Å². The number of hydrogen-bond donors (Lipinski definition) is 0. The molecule has 0 spiro atoms. The van der Waals surface area contributed by atoms with Gasteiger partial charge in [-0.15, -0.1) is 0 Å². The number of nitrogens with zero attached hydrogens (tertiary/aromatic N) is 3. The van der Waals surface area contributed by atoms with Crippen molar-refractivity contribution in [1.29, 1.82) is 0 Å². The highest BCUT2D eigenvalue weighted by atomic mass is 15.0. The van der Waals surface area contributed by atoms with E-state index in [1.54, 1.807) is 6.33 Å². The van der Waals surface area contributed by atoms with Crippen LogP contribution in [0.4, 0.5) is 0 Å². The summed E-state index contributed by atoms with van der Waals surface area (Å²) in [6, 6.07) is 64.0. The highest BCUT2D eigenvalue weighted by molar-refractivity contribution is 5.82. The molecule has 7 aromatic carbocycles. The van der Waals surface area contributed by atoms with Crippen molar-refractivity contribution < 1.29 is 0 Å². The molecule has 8 rings (SSSR count). The zero-order valence-electron chi connectivity index (χ0n) is 26.2. The molecule has 0 bridgehead atoms. The summed E-state index contributed by atoms with van der Waals surface area (Å²) in [6.07, 6.45) is 1.59. The van der Waals surface area contributed by atoms with Crippen molar-refractivity contribution in [3.8, 4) is 78.4 Å². The second kappa shape index (κ2) is 13.1. The van der Waals surface area contributed by atoms with Crippen LogP contribution < -0.4 is 0 Å². The highest BCUT2D eigenvalue weighted by Gasteiger charge is 2.10. The number of hydrogen-bond acceptors (Lipinski definition) is 3. The van der Waals surface area contributed by atoms with Crippen molar-refractivity contribution in [3.05, 3.63) is 188 Å². The number of rotatable bonds is 7. The lowest BCUT2D eigenvalue weighted by atomic mass is 9.92. The Morgan fingerprint density at radius 1 is 0.229 bits per heavy atom. The lowest BCUT2D eigenvalue weighted by Gasteiger charge is -2.12. The first-order valence-electron chi connectivity index (χ1n) is 16.1. The van der Waals surface area contributed by atoms with Gasteiger partial charge in [0.05, 0.1) is 0 Å². The zero-order valence-corrected chi connectivity index (χ0v) is 26.2. The Morgan fingerprint density at radius 2 is 0.542 bits per heavy atom. The summed E-state index contributed by atoms with van der Waals surface area (Å²) in [5.74, 6) is 1.32. The van der Waals surface area contributed by atoms with Gasteiger partial charge in [0.1, 0.15) is 6.33 Å². The monoisotopic (exact) mass is 613 g/mol. The molecule has 3 heteroatoms. The Kier molecular flexibility index (Phi) is 7.92. The van der Waals surface area contributed by atoms with Gasteiger partial charge in [-0.1, -0.05) is 152 Å². The fourth-order valence-corrected chi connectivity index (χ4v) is 6.12. The first-order valence-corrected chi connectivity index (χ1v) is 16.1. The van der Waals surface area contributed by atoms with Crippen molar-refractivity contribution in [1.82, 2.24) is 15.0 Å². The van der Waals surface area contributed by atoms with Crippen molar-refractivity contribution in [2.75, 3.05) is 0 Å². The van der Waals surface area contributed by atoms with Crippen LogP contribution in [0, 0.1) is 0 Å². The maximum absolute atomic E-state index is 4.77. The molecule has 8 aromatic rings. The summed E-state index contributed by atoms with van der Waals surface area (Å²) in [4.78, 5) is 13.7. The normalized spacial score (nSPS) is 10.9. The summed E-state index contributed by atoms with van der Waals surface area (Å²) in [7, 11) is 0. The van der Waals surface area contributed by atoms with E-state index in [4.69, 9.17) is 4.98 Å². The standard InChI is InChI=1S/C45H31N3/c1-4-12-32(13-5-1)41-28-42(33-14-6-2-7-15-33)30-43(29-41)35-24-22-34(23-25-35)37-18-10-19-38(26-37)39-20-11-21-40(27-39)45-47-31-46-44(48-45)36-16-8-3-9-17-36/h1-31H. The molecule has 0 fully saturated rings. The Morgan fingerprint density at radius 3 is 1.04 bits per heavy atom. The molecule has 0 atom stereocenters. The molecule has 0 N–H and O–H groups in total. The average Bonchev–Trinajstić information content (AvgIpc) is 3.19. The molecule has 0 unspecified atom stereocenters. The van der Waals surface area contributed by atoms with Gasteiger partial charge in [-0.25, -0.2) is 15.0 Å². The molecule has 0 saturated heterocycles. The van der Waals surface area contributed by atoms with Gasteiger partial charge >= 0.3 is 0 Å². The molecule has 0 amide bonds. The van der Waals surface area contributed by atoms with Crippen molar-refractivity contribution >= 4 is 0 Å². The molecule has 0 aliphatic heterocycles. The van der Waals surface area contributed by atoms with E-state index < -0.39 is 0 Å². The fraction of sp³-hybridized carbons (Fsp3) is 0. The van der Waals surface area contributed by atoms with Crippen LogP contribution in [0.15, 0.2) is 188 Å². The second-order valence-electron chi connectivity index (χ2n) is 11.8. The van der Waals surface area contributed by atoms with E-state index >= 15 is 0 Å². The third-order valence-electron chi connectivity index (χ3n) is 8.62. The molecule has 1 aromatic heterocycles. The predicted molar refractivity (Wildman–Crippen MR) is 198 cm³/mol. The Bertz CT molecular complexity index is 2260. The summed E-state index contributed by atoms with van der Waals surface area (Å²) in [5, 5.41) is 0. The molecule has 1 heterocycles. The minimum Gasteiger partial charge on any atom is -0.217 e. The van der Waals surface area contributed by atoms with Crippen molar-refractivity contribution in [2.45, 2.75) is 0 Å². The first-order chi connectivity index (χ1) is 23.8. The molecule has 0 aliphatic carbocycles. The minimum absolute atomic E-state index is 0.657. The summed E-state index contributed by atoms with van der Waals surface area (Å²) in [6.45, 7) is 0. The number of benzene rings is 7. The molecule has 48 heavy (non-hydrogen) atoms. The van der Waals surface area contributed by atoms with Gasteiger partial charge in [0.2, 0.25) is 0 Å². The molecule has 226 valence electrons. The van der Waals surface area contributed by atoms with E-state index in [1.807, 2.05) is 36.4 Å². The average molecular weight is 614 g/mol. The van der Waals surface area contributed by atoms with Crippen LogP contribution in [0.5, 0.6) is 0 Å². The maximum atomic E-state index is 4.77. The quantitative estimate of drug-likeness (QED) is 0.179. The van der Waals surface area contributed by atoms with Gasteiger partial charge in [-0.3, -0.25) is 0 Å². The van der Waals surface area contributed by atoms with Gasteiger partial charge in [0.15, 0.2) is 11.6 Å². The van der Waals surface area contributed by atoms with E-state index in [0.717, 1.165) is 22.3 Å². The molecule has 0 radical (unpaired) electrons. The lowest BCUT2D eigenvalue weighted by molar-refractivity contribution is 1.07. The van der Waals surface area contributed by atoms with Gasteiger partial charge in [-0.2, -0.15) is 0 Å². The summed E-state index contributed by atoms with van der Waals surface area (Å²) < 4.78 is 0. The van der Waals surface area contributed by atoms with Crippen LogP contribution in [0.1, 0.15) is 0 Å². The van der Waals surface area contributed by atoms with Crippen LogP contribution in [0.2, 0.25) is 0 Å². The van der Waals surface area contributed by atoms with Crippen LogP contribution in [-0.2, 0) is 0 Å². The van der Waals surface area contributed by atoms with E-state index in [0.29, 0.717) is 11.6 Å². The zero-order chi connectivity index (χ0) is 32.1. The van der Waals surface area contributed by atoms with Gasteiger partial charge < -0.3 is 0 Å². The highest BCUT2D eigenvalue weighted by Crippen LogP contribution is 2.35. The van der Waals surface area contributed by atoms with E-state index in [9.17, 15) is 0 Å². The predicted octanol–water partition coefficient (Wildman–Crippen LogP) is 11.5. The largest absolute Gasteiger partial charge is 0.217 e. The third-order valence-corrected chi connectivity index (χ3v) is 8.62. The Labute approximate surface area is 280 Å². The topological polar surface area (TPSA) is 38.7 Å². The maximum Gasteiger partial charge on any atom is 0.163 e. The first kappa shape index (κ1) is 29.0. The van der Waals surface area contributed by atoms with Gasteiger partial charge in [0.25, 0.3) is 0 Å². The van der Waals surface area contributed by atoms with Gasteiger partial charge in [-0.05, 0) is 86.0 Å². The Balaban J connectivity index is 1.09. The molecule has 3 nitrogen and oxygen atoms in total. The smallest absolute Gasteiger partial charge is 0.163 e. The minimum atomic E-state index is 0.657. The van der Waals surface area contributed by atoms with Crippen molar-refractivity contribution in [3.63, 3.8) is 0 Å². The van der Waals surface area contributed by atoms with Crippen molar-refractivity contribution in [2.24, 2.45) is 0 Å². The SMILES string of the molecule is c1ccc(-c2cc(-c3ccccc3)cc(-c3ccc(-c4cccc(-c5cccc(-c6ncnc(-c7ccccc7)n6)c5)c4)cc3)c2)cc1. The van der Waals surface area contributed by atoms with E-state index in [1.165, 1.54) is 44.5 Å². The van der Waals surface area contributed by atoms with Crippen LogP contribution in [0.3, 0.4) is 0 Å². The second-order valence-corrected chi connectivity index (χ2v) is 11.8. The van der Waals surface area contributed by atoms with Crippen LogP contribution in [-0.4, -0.2) is 15.0 Å². The fourth-order valence-electron chi connectivity index (χ4n) is 6.12. The lowest BCUT2D eigenvalue weighted by Crippen LogP contribution is -1.95. The third kappa shape index (κ3) is 6.18. The van der Waals surface area contributed by atoms with Crippen LogP contribution >= 0.6 is 0 Å². The van der Waals surface area contributed by atoms with E-state index in [-0.39, 0.29) is 0 Å². The molecule has 0 saturated carbocycles. The Hall–Kier alpha value is -6.45.